The molecule has 4 rings (SSSR count). The van der Waals surface area contributed by atoms with Crippen molar-refractivity contribution < 1.29 is 9.59 Å². The third-order valence-electron chi connectivity index (χ3n) is 4.76. The average molecular weight is 360 g/mol. The zero-order valence-corrected chi connectivity index (χ0v) is 14.8. The van der Waals surface area contributed by atoms with Crippen LogP contribution in [-0.2, 0) is 24.2 Å². The van der Waals surface area contributed by atoms with E-state index in [1.165, 1.54) is 15.8 Å². The van der Waals surface area contributed by atoms with Gasteiger partial charge in [-0.05, 0) is 43.6 Å². The molecule has 1 atom stereocenters. The minimum absolute atomic E-state index is 0.174. The van der Waals surface area contributed by atoms with Crippen molar-refractivity contribution in [1.29, 1.82) is 0 Å². The SMILES string of the molecule is C[C@H]1CCc2c(sc3ncn(CC(=O)NC(=O)NC4CC4)c(=O)c23)C1. The number of fused-ring (bicyclic) bond motifs is 3. The van der Waals surface area contributed by atoms with Crippen LogP contribution >= 0.6 is 11.3 Å². The lowest BCUT2D eigenvalue weighted by molar-refractivity contribution is -0.120. The molecule has 0 bridgehead atoms. The van der Waals surface area contributed by atoms with Crippen molar-refractivity contribution in [3.8, 4) is 0 Å². The summed E-state index contributed by atoms with van der Waals surface area (Å²) in [5.41, 5.74) is 0.895. The van der Waals surface area contributed by atoms with Gasteiger partial charge in [0.05, 0.1) is 11.7 Å². The van der Waals surface area contributed by atoms with E-state index in [1.807, 2.05) is 0 Å². The summed E-state index contributed by atoms with van der Waals surface area (Å²) in [6.07, 6.45) is 6.22. The smallest absolute Gasteiger partial charge is 0.321 e. The van der Waals surface area contributed by atoms with Crippen molar-refractivity contribution >= 4 is 33.5 Å². The number of aromatic nitrogens is 2. The van der Waals surface area contributed by atoms with E-state index in [1.54, 1.807) is 11.3 Å². The second-order valence-corrected chi connectivity index (χ2v) is 8.09. The number of nitrogens with one attached hydrogen (secondary N) is 2. The van der Waals surface area contributed by atoms with Gasteiger partial charge in [0.2, 0.25) is 5.91 Å². The van der Waals surface area contributed by atoms with Crippen LogP contribution in [0.2, 0.25) is 0 Å². The largest absolute Gasteiger partial charge is 0.335 e. The fraction of sp³-hybridized carbons (Fsp3) is 0.529. The molecule has 2 aliphatic rings. The van der Waals surface area contributed by atoms with Gasteiger partial charge in [-0.3, -0.25) is 19.5 Å². The Morgan fingerprint density at radius 1 is 1.36 bits per heavy atom. The highest BCUT2D eigenvalue weighted by molar-refractivity contribution is 7.18. The lowest BCUT2D eigenvalue weighted by atomic mass is 9.89. The Bertz CT molecular complexity index is 912. The molecule has 0 unspecified atom stereocenters. The predicted molar refractivity (Wildman–Crippen MR) is 94.8 cm³/mol. The van der Waals surface area contributed by atoms with Crippen LogP contribution in [0.3, 0.4) is 0 Å². The summed E-state index contributed by atoms with van der Waals surface area (Å²) < 4.78 is 1.28. The minimum Gasteiger partial charge on any atom is -0.335 e. The van der Waals surface area contributed by atoms with Gasteiger partial charge in [0.25, 0.3) is 5.56 Å². The molecular formula is C17H20N4O3S. The number of hydrogen-bond acceptors (Lipinski definition) is 5. The molecule has 2 aliphatic carbocycles. The summed E-state index contributed by atoms with van der Waals surface area (Å²) in [6, 6.07) is -0.329. The van der Waals surface area contributed by atoms with Gasteiger partial charge < -0.3 is 5.32 Å². The summed E-state index contributed by atoms with van der Waals surface area (Å²) >= 11 is 1.58. The Morgan fingerprint density at radius 2 is 2.16 bits per heavy atom. The van der Waals surface area contributed by atoms with Crippen molar-refractivity contribution in [2.75, 3.05) is 0 Å². The first-order valence-corrected chi connectivity index (χ1v) is 9.43. The molecule has 0 aromatic carbocycles. The number of thiophene rings is 1. The average Bonchev–Trinajstić information content (AvgIpc) is 3.27. The molecule has 0 aliphatic heterocycles. The summed E-state index contributed by atoms with van der Waals surface area (Å²) in [4.78, 5) is 42.8. The Labute approximate surface area is 148 Å². The second-order valence-electron chi connectivity index (χ2n) is 7.01. The summed E-state index contributed by atoms with van der Waals surface area (Å²) in [5.74, 6) is 0.109. The third kappa shape index (κ3) is 3.30. The minimum atomic E-state index is -0.515. The van der Waals surface area contributed by atoms with Crippen LogP contribution in [0.15, 0.2) is 11.1 Å². The molecule has 0 radical (unpaired) electrons. The number of rotatable bonds is 3. The number of hydrogen-bond donors (Lipinski definition) is 2. The van der Waals surface area contributed by atoms with Gasteiger partial charge in [0, 0.05) is 10.9 Å². The molecule has 0 saturated heterocycles. The molecule has 8 heteroatoms. The molecule has 25 heavy (non-hydrogen) atoms. The number of aryl methyl sites for hydroxylation is 1. The zero-order chi connectivity index (χ0) is 17.6. The number of imide groups is 1. The normalized spacial score (nSPS) is 19.5. The third-order valence-corrected chi connectivity index (χ3v) is 5.92. The molecule has 132 valence electrons. The Kier molecular flexibility index (Phi) is 4.07. The summed E-state index contributed by atoms with van der Waals surface area (Å²) in [7, 11) is 0. The predicted octanol–water partition coefficient (Wildman–Crippen LogP) is 1.57. The number of carbonyl (C=O) groups excluding carboxylic acids is 2. The number of carbonyl (C=O) groups is 2. The van der Waals surface area contributed by atoms with Crippen molar-refractivity contribution in [2.24, 2.45) is 5.92 Å². The maximum absolute atomic E-state index is 12.8. The van der Waals surface area contributed by atoms with Crippen LogP contribution in [0.5, 0.6) is 0 Å². The highest BCUT2D eigenvalue weighted by atomic mass is 32.1. The van der Waals surface area contributed by atoms with E-state index in [4.69, 9.17) is 0 Å². The zero-order valence-electron chi connectivity index (χ0n) is 14.0. The summed E-state index contributed by atoms with van der Waals surface area (Å²) in [6.45, 7) is 2.01. The molecular weight excluding hydrogens is 340 g/mol. The Hall–Kier alpha value is -2.22. The van der Waals surface area contributed by atoms with Crippen LogP contribution in [0.1, 0.15) is 36.6 Å². The van der Waals surface area contributed by atoms with E-state index in [2.05, 4.69) is 22.5 Å². The highest BCUT2D eigenvalue weighted by Crippen LogP contribution is 2.35. The van der Waals surface area contributed by atoms with Gasteiger partial charge in [-0.2, -0.15) is 0 Å². The van der Waals surface area contributed by atoms with Gasteiger partial charge in [0.1, 0.15) is 11.4 Å². The topological polar surface area (TPSA) is 93.1 Å². The second kappa shape index (κ2) is 6.25. The lowest BCUT2D eigenvalue weighted by Gasteiger charge is -2.17. The van der Waals surface area contributed by atoms with E-state index in [-0.39, 0.29) is 18.1 Å². The molecule has 1 fully saturated rings. The molecule has 2 heterocycles. The number of nitrogens with zero attached hydrogens (tertiary/aromatic N) is 2. The molecule has 2 aromatic rings. The maximum atomic E-state index is 12.8. The van der Waals surface area contributed by atoms with Crippen LogP contribution < -0.4 is 16.2 Å². The standard InChI is InChI=1S/C17H20N4O3S/c1-9-2-5-11-12(6-9)25-15-14(11)16(23)21(8-18-15)7-13(22)20-17(24)19-10-3-4-10/h8-10H,2-7H2,1H3,(H2,19,20,22,24)/t9-/m0/s1. The fourth-order valence-electron chi connectivity index (χ4n) is 3.25. The first-order valence-electron chi connectivity index (χ1n) is 8.61. The van der Waals surface area contributed by atoms with Crippen molar-refractivity contribution in [3.63, 3.8) is 0 Å². The number of amides is 3. The Balaban J connectivity index is 1.55. The van der Waals surface area contributed by atoms with Crippen LogP contribution in [-0.4, -0.2) is 27.5 Å². The van der Waals surface area contributed by atoms with Crippen LogP contribution in [0.4, 0.5) is 4.79 Å². The molecule has 2 N–H and O–H groups in total. The van der Waals surface area contributed by atoms with E-state index < -0.39 is 11.9 Å². The van der Waals surface area contributed by atoms with Crippen LogP contribution in [0, 0.1) is 5.92 Å². The van der Waals surface area contributed by atoms with E-state index in [9.17, 15) is 14.4 Å². The van der Waals surface area contributed by atoms with Gasteiger partial charge >= 0.3 is 6.03 Å². The Morgan fingerprint density at radius 3 is 2.92 bits per heavy atom. The fourth-order valence-corrected chi connectivity index (χ4v) is 4.59. The van der Waals surface area contributed by atoms with Gasteiger partial charge in [-0.1, -0.05) is 6.92 Å². The van der Waals surface area contributed by atoms with Crippen molar-refractivity contribution in [2.45, 2.75) is 51.6 Å². The van der Waals surface area contributed by atoms with Gasteiger partial charge in [0.15, 0.2) is 0 Å². The quantitative estimate of drug-likeness (QED) is 0.869. The van der Waals surface area contributed by atoms with Crippen molar-refractivity contribution in [1.82, 2.24) is 20.2 Å². The van der Waals surface area contributed by atoms with Gasteiger partial charge in [-0.25, -0.2) is 9.78 Å². The highest BCUT2D eigenvalue weighted by Gasteiger charge is 2.25. The number of urea groups is 1. The van der Waals surface area contributed by atoms with Gasteiger partial charge in [-0.15, -0.1) is 11.3 Å². The first-order chi connectivity index (χ1) is 12.0. The van der Waals surface area contributed by atoms with Crippen molar-refractivity contribution in [3.05, 3.63) is 27.1 Å². The molecule has 7 nitrogen and oxygen atoms in total. The van der Waals surface area contributed by atoms with E-state index >= 15 is 0 Å². The van der Waals surface area contributed by atoms with E-state index in [0.717, 1.165) is 42.5 Å². The van der Waals surface area contributed by atoms with Crippen LogP contribution in [0.25, 0.3) is 10.2 Å². The van der Waals surface area contributed by atoms with E-state index in [0.29, 0.717) is 11.3 Å². The lowest BCUT2D eigenvalue weighted by Crippen LogP contribution is -2.42. The molecule has 0 spiro atoms. The first kappa shape index (κ1) is 16.3. The summed E-state index contributed by atoms with van der Waals surface area (Å²) in [5, 5.41) is 5.59. The maximum Gasteiger partial charge on any atom is 0.321 e. The monoisotopic (exact) mass is 360 g/mol. The molecule has 1 saturated carbocycles. The molecule has 2 aromatic heterocycles. The molecule has 3 amide bonds.